The lowest BCUT2D eigenvalue weighted by Crippen LogP contribution is -2.31. The SMILES string of the molecule is Cc1cc([C@H]2OC(=O)N(Cc3cc(C)ccc3-c3nc(C(C)C)ccc3N)[C@H]2C)cc(C(F)(F)F)c1. The minimum Gasteiger partial charge on any atom is -0.439 e. The highest BCUT2D eigenvalue weighted by Crippen LogP contribution is 2.39. The van der Waals surface area contributed by atoms with Crippen molar-refractivity contribution in [3.8, 4) is 11.3 Å². The van der Waals surface area contributed by atoms with Crippen LogP contribution in [0.1, 0.15) is 66.3 Å². The van der Waals surface area contributed by atoms with Crippen LogP contribution >= 0.6 is 0 Å². The van der Waals surface area contributed by atoms with Gasteiger partial charge in [-0.1, -0.05) is 49.2 Å². The smallest absolute Gasteiger partial charge is 0.416 e. The molecule has 1 aromatic heterocycles. The second kappa shape index (κ2) is 9.48. The monoisotopic (exact) mass is 497 g/mol. The number of ether oxygens (including phenoxy) is 1. The van der Waals surface area contributed by atoms with E-state index in [1.165, 1.54) is 0 Å². The van der Waals surface area contributed by atoms with Crippen molar-refractivity contribution in [2.45, 2.75) is 65.4 Å². The number of halogens is 3. The second-order valence-corrected chi connectivity index (χ2v) is 9.79. The van der Waals surface area contributed by atoms with Crippen LogP contribution in [0, 0.1) is 13.8 Å². The number of nitrogens with two attached hydrogens (primary N) is 1. The molecule has 0 spiro atoms. The Morgan fingerprint density at radius 3 is 2.44 bits per heavy atom. The van der Waals surface area contributed by atoms with Gasteiger partial charge in [0.05, 0.1) is 29.5 Å². The van der Waals surface area contributed by atoms with Crippen LogP contribution in [0.25, 0.3) is 11.3 Å². The summed E-state index contributed by atoms with van der Waals surface area (Å²) in [6, 6.07) is 12.9. The maximum absolute atomic E-state index is 13.4. The third-order valence-corrected chi connectivity index (χ3v) is 6.54. The molecule has 36 heavy (non-hydrogen) atoms. The molecule has 0 radical (unpaired) electrons. The number of carbonyl (C=O) groups excluding carboxylic acids is 1. The number of alkyl halides is 3. The zero-order valence-electron chi connectivity index (χ0n) is 21.0. The number of hydrogen-bond donors (Lipinski definition) is 1. The van der Waals surface area contributed by atoms with Crippen molar-refractivity contribution in [2.75, 3.05) is 5.73 Å². The average Bonchev–Trinajstić information content (AvgIpc) is 3.07. The fraction of sp³-hybridized carbons (Fsp3) is 0.357. The van der Waals surface area contributed by atoms with E-state index >= 15 is 0 Å². The fourth-order valence-electron chi connectivity index (χ4n) is 4.59. The highest BCUT2D eigenvalue weighted by molar-refractivity contribution is 5.77. The first-order chi connectivity index (χ1) is 16.8. The van der Waals surface area contributed by atoms with E-state index in [0.717, 1.165) is 34.5 Å². The number of aromatic nitrogens is 1. The number of carbonyl (C=O) groups is 1. The van der Waals surface area contributed by atoms with Gasteiger partial charge >= 0.3 is 12.3 Å². The summed E-state index contributed by atoms with van der Waals surface area (Å²) in [6.07, 6.45) is -5.88. The number of cyclic esters (lactones) is 1. The van der Waals surface area contributed by atoms with Crippen molar-refractivity contribution in [1.29, 1.82) is 0 Å². The molecule has 1 aliphatic heterocycles. The van der Waals surface area contributed by atoms with Crippen molar-refractivity contribution < 1.29 is 22.7 Å². The molecule has 1 saturated heterocycles. The summed E-state index contributed by atoms with van der Waals surface area (Å²) in [4.78, 5) is 19.3. The zero-order chi connectivity index (χ0) is 26.4. The summed E-state index contributed by atoms with van der Waals surface area (Å²) in [5, 5.41) is 0. The molecule has 1 aliphatic rings. The molecule has 2 aromatic carbocycles. The molecule has 2 N–H and O–H groups in total. The molecule has 1 amide bonds. The normalized spacial score (nSPS) is 18.1. The molecule has 0 saturated carbocycles. The molecule has 8 heteroatoms. The molecule has 0 aliphatic carbocycles. The third-order valence-electron chi connectivity index (χ3n) is 6.54. The van der Waals surface area contributed by atoms with E-state index in [-0.39, 0.29) is 12.5 Å². The number of benzene rings is 2. The summed E-state index contributed by atoms with van der Waals surface area (Å²) in [6.45, 7) is 9.64. The van der Waals surface area contributed by atoms with E-state index in [2.05, 4.69) is 13.8 Å². The second-order valence-electron chi connectivity index (χ2n) is 9.79. The summed E-state index contributed by atoms with van der Waals surface area (Å²) in [7, 11) is 0. The predicted octanol–water partition coefficient (Wildman–Crippen LogP) is 7.17. The highest BCUT2D eigenvalue weighted by atomic mass is 19.4. The Bertz CT molecular complexity index is 1300. The maximum atomic E-state index is 13.4. The van der Waals surface area contributed by atoms with Gasteiger partial charge in [-0.2, -0.15) is 13.2 Å². The van der Waals surface area contributed by atoms with Gasteiger partial charge in [-0.15, -0.1) is 0 Å². The zero-order valence-corrected chi connectivity index (χ0v) is 21.0. The van der Waals surface area contributed by atoms with Crippen LogP contribution in [-0.4, -0.2) is 22.0 Å². The van der Waals surface area contributed by atoms with Gasteiger partial charge in [0, 0.05) is 11.3 Å². The van der Waals surface area contributed by atoms with Crippen molar-refractivity contribution >= 4 is 11.8 Å². The fourth-order valence-corrected chi connectivity index (χ4v) is 4.59. The Hall–Kier alpha value is -3.55. The van der Waals surface area contributed by atoms with E-state index in [4.69, 9.17) is 15.5 Å². The Labute approximate surface area is 209 Å². The van der Waals surface area contributed by atoms with Gasteiger partial charge in [0.1, 0.15) is 6.10 Å². The molecular formula is C28H30F3N3O2. The first-order valence-electron chi connectivity index (χ1n) is 11.9. The molecule has 190 valence electrons. The first-order valence-corrected chi connectivity index (χ1v) is 11.9. The minimum absolute atomic E-state index is 0.207. The summed E-state index contributed by atoms with van der Waals surface area (Å²) >= 11 is 0. The molecule has 2 heterocycles. The predicted molar refractivity (Wildman–Crippen MR) is 133 cm³/mol. The van der Waals surface area contributed by atoms with Gasteiger partial charge in [0.15, 0.2) is 0 Å². The van der Waals surface area contributed by atoms with Crippen LogP contribution in [0.15, 0.2) is 48.5 Å². The van der Waals surface area contributed by atoms with Gasteiger partial charge in [-0.25, -0.2) is 4.79 Å². The number of aryl methyl sites for hydroxylation is 2. The number of pyridine rings is 1. The summed E-state index contributed by atoms with van der Waals surface area (Å²) in [5.74, 6) is 0.212. The van der Waals surface area contributed by atoms with Crippen LogP contribution in [-0.2, 0) is 17.5 Å². The molecule has 0 unspecified atom stereocenters. The Kier molecular flexibility index (Phi) is 6.73. The van der Waals surface area contributed by atoms with E-state index in [9.17, 15) is 18.0 Å². The summed E-state index contributed by atoms with van der Waals surface area (Å²) < 4.78 is 45.8. The number of rotatable bonds is 5. The third kappa shape index (κ3) is 5.03. The van der Waals surface area contributed by atoms with Crippen molar-refractivity contribution in [3.05, 3.63) is 82.0 Å². The average molecular weight is 498 g/mol. The quantitative estimate of drug-likeness (QED) is 0.406. The largest absolute Gasteiger partial charge is 0.439 e. The first kappa shape index (κ1) is 25.5. The molecule has 5 nitrogen and oxygen atoms in total. The Balaban J connectivity index is 1.69. The van der Waals surface area contributed by atoms with Crippen LogP contribution in [0.3, 0.4) is 0 Å². The van der Waals surface area contributed by atoms with E-state index in [0.29, 0.717) is 22.5 Å². The number of nitrogens with zero attached hydrogens (tertiary/aromatic N) is 2. The van der Waals surface area contributed by atoms with E-state index in [1.54, 1.807) is 24.8 Å². The lowest BCUT2D eigenvalue weighted by Gasteiger charge is -2.23. The van der Waals surface area contributed by atoms with E-state index < -0.39 is 30.0 Å². The molecule has 1 fully saturated rings. The Morgan fingerprint density at radius 2 is 1.78 bits per heavy atom. The Morgan fingerprint density at radius 1 is 1.06 bits per heavy atom. The number of nitrogen functional groups attached to an aromatic ring is 1. The van der Waals surface area contributed by atoms with Crippen LogP contribution in [0.4, 0.5) is 23.7 Å². The molecular weight excluding hydrogens is 467 g/mol. The van der Waals surface area contributed by atoms with Crippen LogP contribution in [0.2, 0.25) is 0 Å². The standard InChI is InChI=1S/C28H30F3N3O2/c1-15(2)24-9-8-23(32)25(33-24)22-7-6-16(3)10-20(22)14-34-18(5)26(36-27(34)35)19-11-17(4)12-21(13-19)28(29,30)31/h6-13,15,18,26H,14,32H2,1-5H3/t18-,26-/m0/s1. The van der Waals surface area contributed by atoms with Crippen molar-refractivity contribution in [2.24, 2.45) is 0 Å². The van der Waals surface area contributed by atoms with Crippen molar-refractivity contribution in [1.82, 2.24) is 9.88 Å². The molecule has 0 bridgehead atoms. The van der Waals surface area contributed by atoms with Gasteiger partial charge in [0.25, 0.3) is 0 Å². The van der Waals surface area contributed by atoms with Gasteiger partial charge < -0.3 is 10.5 Å². The van der Waals surface area contributed by atoms with Crippen LogP contribution < -0.4 is 5.73 Å². The number of anilines is 1. The molecule has 2 atom stereocenters. The van der Waals surface area contributed by atoms with E-state index in [1.807, 2.05) is 37.3 Å². The lowest BCUT2D eigenvalue weighted by molar-refractivity contribution is -0.137. The number of amides is 1. The molecule has 3 aromatic rings. The summed E-state index contributed by atoms with van der Waals surface area (Å²) in [5.41, 5.74) is 11.0. The van der Waals surface area contributed by atoms with Gasteiger partial charge in [0.2, 0.25) is 0 Å². The molecule has 4 rings (SSSR count). The van der Waals surface area contributed by atoms with Crippen LogP contribution in [0.5, 0.6) is 0 Å². The van der Waals surface area contributed by atoms with Gasteiger partial charge in [-0.3, -0.25) is 9.88 Å². The van der Waals surface area contributed by atoms with Gasteiger partial charge in [-0.05, 0) is 62.1 Å². The topological polar surface area (TPSA) is 68.5 Å². The van der Waals surface area contributed by atoms with Crippen molar-refractivity contribution in [3.63, 3.8) is 0 Å². The minimum atomic E-state index is -4.49. The highest BCUT2D eigenvalue weighted by Gasteiger charge is 2.41. The number of hydrogen-bond acceptors (Lipinski definition) is 4. The maximum Gasteiger partial charge on any atom is 0.416 e. The lowest BCUT2D eigenvalue weighted by atomic mass is 9.96.